The van der Waals surface area contributed by atoms with Gasteiger partial charge in [-0.2, -0.15) is 0 Å². The highest BCUT2D eigenvalue weighted by molar-refractivity contribution is 5.92. The number of amides is 4. The Morgan fingerprint density at radius 3 is 2.23 bits per heavy atom. The van der Waals surface area contributed by atoms with Crippen molar-refractivity contribution >= 4 is 24.0 Å². The fraction of sp³-hybridized carbons (Fsp3) is 0.556. The molecule has 0 radical (unpaired) electrons. The van der Waals surface area contributed by atoms with Gasteiger partial charge in [-0.05, 0) is 75.8 Å². The molecule has 4 amide bonds. The Labute approximate surface area is 283 Å². The highest BCUT2D eigenvalue weighted by atomic mass is 19.1. The van der Waals surface area contributed by atoms with Crippen LogP contribution in [0.25, 0.3) is 0 Å². The van der Waals surface area contributed by atoms with Crippen molar-refractivity contribution in [2.45, 2.75) is 97.7 Å². The molecule has 1 heterocycles. The molecule has 264 valence electrons. The number of nitrogens with zero attached hydrogens (tertiary/aromatic N) is 2. The predicted molar refractivity (Wildman–Crippen MR) is 181 cm³/mol. The van der Waals surface area contributed by atoms with Gasteiger partial charge in [0, 0.05) is 26.2 Å². The molecule has 1 aliphatic heterocycles. The minimum Gasteiger partial charge on any atom is -0.445 e. The maximum Gasteiger partial charge on any atom is 0.410 e. The van der Waals surface area contributed by atoms with Crippen LogP contribution < -0.4 is 16.0 Å². The number of hydrogen-bond acceptors (Lipinski definition) is 7. The second-order valence-electron chi connectivity index (χ2n) is 14.4. The third-order valence-corrected chi connectivity index (χ3v) is 8.16. The standard InChI is InChI=1S/C36H52FN5O6/c1-24(41(8)34(46)48-36(5,6)7)31(43)40-30(35(2,3)4)32(44)42-22-28(39-33(45)47-23-26-12-10-9-11-13-26)20-29(42)21-38-19-18-25-14-16-27(37)17-15-25/h9-17,24,28-30,38H,18-23H2,1-8H3,(H,39,45)(H,40,43)/t24-,28-,29-,30+/m0/s1. The van der Waals surface area contributed by atoms with E-state index in [1.807, 2.05) is 51.1 Å². The Hall–Kier alpha value is -4.19. The minimum absolute atomic E-state index is 0.116. The molecule has 48 heavy (non-hydrogen) atoms. The number of likely N-dealkylation sites (N-methyl/N-ethyl adjacent to an activating group) is 1. The predicted octanol–water partition coefficient (Wildman–Crippen LogP) is 4.64. The number of rotatable bonds is 12. The Bertz CT molecular complexity index is 1380. The van der Waals surface area contributed by atoms with Gasteiger partial charge in [-0.1, -0.05) is 63.2 Å². The highest BCUT2D eigenvalue weighted by Gasteiger charge is 2.43. The molecule has 3 N–H and O–H groups in total. The molecule has 0 spiro atoms. The quantitative estimate of drug-likeness (QED) is 0.281. The summed E-state index contributed by atoms with van der Waals surface area (Å²) in [5.74, 6) is -1.08. The van der Waals surface area contributed by atoms with E-state index in [1.165, 1.54) is 24.1 Å². The topological polar surface area (TPSA) is 129 Å². The van der Waals surface area contributed by atoms with Crippen LogP contribution in [0.2, 0.25) is 0 Å². The molecule has 11 nitrogen and oxygen atoms in total. The van der Waals surface area contributed by atoms with E-state index >= 15 is 0 Å². The number of likely N-dealkylation sites (tertiary alicyclic amines) is 1. The highest BCUT2D eigenvalue weighted by Crippen LogP contribution is 2.26. The fourth-order valence-corrected chi connectivity index (χ4v) is 5.31. The number of halogens is 1. The molecular formula is C36H52FN5O6. The zero-order valence-corrected chi connectivity index (χ0v) is 29.5. The average Bonchev–Trinajstić information content (AvgIpc) is 3.41. The maximum absolute atomic E-state index is 14.3. The Balaban J connectivity index is 1.72. The van der Waals surface area contributed by atoms with Crippen LogP contribution in [0, 0.1) is 11.2 Å². The van der Waals surface area contributed by atoms with Gasteiger partial charge in [-0.25, -0.2) is 14.0 Å². The van der Waals surface area contributed by atoms with Crippen LogP contribution >= 0.6 is 0 Å². The summed E-state index contributed by atoms with van der Waals surface area (Å²) in [5, 5.41) is 9.20. The third kappa shape index (κ3) is 11.8. The zero-order valence-electron chi connectivity index (χ0n) is 29.5. The van der Waals surface area contributed by atoms with E-state index in [-0.39, 0.29) is 37.0 Å². The van der Waals surface area contributed by atoms with Crippen LogP contribution in [0.3, 0.4) is 0 Å². The first-order valence-corrected chi connectivity index (χ1v) is 16.4. The number of alkyl carbamates (subject to hydrolysis) is 1. The molecule has 1 fully saturated rings. The Morgan fingerprint density at radius 1 is 0.979 bits per heavy atom. The van der Waals surface area contributed by atoms with E-state index in [2.05, 4.69) is 16.0 Å². The van der Waals surface area contributed by atoms with Gasteiger partial charge < -0.3 is 30.3 Å². The first-order chi connectivity index (χ1) is 22.4. The first-order valence-electron chi connectivity index (χ1n) is 16.4. The van der Waals surface area contributed by atoms with E-state index < -0.39 is 41.2 Å². The molecule has 0 saturated carbocycles. The SMILES string of the molecule is C[C@@H](C(=O)N[C@H](C(=O)N1C[C@@H](NC(=O)OCc2ccccc2)C[C@H]1CNCCc1ccc(F)cc1)C(C)(C)C)N(C)C(=O)OC(C)(C)C. The van der Waals surface area contributed by atoms with Gasteiger partial charge in [0.1, 0.15) is 30.1 Å². The van der Waals surface area contributed by atoms with Gasteiger partial charge in [0.2, 0.25) is 11.8 Å². The minimum atomic E-state index is -0.926. The van der Waals surface area contributed by atoms with Gasteiger partial charge in [-0.15, -0.1) is 0 Å². The molecular weight excluding hydrogens is 617 g/mol. The number of nitrogens with one attached hydrogen (secondary N) is 3. The smallest absolute Gasteiger partial charge is 0.410 e. The molecule has 2 aromatic carbocycles. The molecule has 12 heteroatoms. The third-order valence-electron chi connectivity index (χ3n) is 8.16. The van der Waals surface area contributed by atoms with Crippen molar-refractivity contribution in [1.82, 2.24) is 25.8 Å². The summed E-state index contributed by atoms with van der Waals surface area (Å²) in [5.41, 5.74) is 0.416. The molecule has 0 bridgehead atoms. The average molecular weight is 670 g/mol. The number of benzene rings is 2. The zero-order chi connectivity index (χ0) is 35.6. The van der Waals surface area contributed by atoms with Gasteiger partial charge in [-0.3, -0.25) is 14.5 Å². The van der Waals surface area contributed by atoms with Crippen molar-refractivity contribution < 1.29 is 33.0 Å². The summed E-state index contributed by atoms with van der Waals surface area (Å²) in [7, 11) is 1.48. The second kappa shape index (κ2) is 16.8. The van der Waals surface area contributed by atoms with Crippen LogP contribution in [0.4, 0.5) is 14.0 Å². The maximum atomic E-state index is 14.3. The molecule has 3 rings (SSSR count). The van der Waals surface area contributed by atoms with Crippen molar-refractivity contribution in [3.05, 3.63) is 71.5 Å². The lowest BCUT2D eigenvalue weighted by molar-refractivity contribution is -0.141. The second-order valence-corrected chi connectivity index (χ2v) is 14.4. The van der Waals surface area contributed by atoms with Gasteiger partial charge in [0.25, 0.3) is 0 Å². The normalized spacial score (nSPS) is 17.6. The summed E-state index contributed by atoms with van der Waals surface area (Å²) < 4.78 is 24.2. The van der Waals surface area contributed by atoms with Gasteiger partial charge in [0.05, 0.1) is 6.04 Å². The molecule has 0 aromatic heterocycles. The number of carbonyl (C=O) groups is 4. The molecule has 0 aliphatic carbocycles. The Kier molecular flexibility index (Phi) is 13.4. The van der Waals surface area contributed by atoms with E-state index in [9.17, 15) is 23.6 Å². The summed E-state index contributed by atoms with van der Waals surface area (Å²) in [6.45, 7) is 13.8. The molecule has 4 atom stereocenters. The molecule has 0 unspecified atom stereocenters. The van der Waals surface area contributed by atoms with Crippen molar-refractivity contribution in [3.63, 3.8) is 0 Å². The Morgan fingerprint density at radius 2 is 1.62 bits per heavy atom. The summed E-state index contributed by atoms with van der Waals surface area (Å²) in [6.07, 6.45) is -0.0970. The number of carbonyl (C=O) groups excluding carboxylic acids is 4. The summed E-state index contributed by atoms with van der Waals surface area (Å²) in [6, 6.07) is 13.2. The number of hydrogen-bond donors (Lipinski definition) is 3. The summed E-state index contributed by atoms with van der Waals surface area (Å²) in [4.78, 5) is 56.0. The van der Waals surface area contributed by atoms with Crippen molar-refractivity contribution in [2.24, 2.45) is 5.41 Å². The van der Waals surface area contributed by atoms with Crippen LogP contribution in [0.1, 0.15) is 66.0 Å². The fourth-order valence-electron chi connectivity index (χ4n) is 5.31. The van der Waals surface area contributed by atoms with Gasteiger partial charge >= 0.3 is 12.2 Å². The van der Waals surface area contributed by atoms with E-state index in [1.54, 1.807) is 44.7 Å². The van der Waals surface area contributed by atoms with E-state index in [4.69, 9.17) is 9.47 Å². The van der Waals surface area contributed by atoms with Crippen molar-refractivity contribution in [3.8, 4) is 0 Å². The van der Waals surface area contributed by atoms with Gasteiger partial charge in [0.15, 0.2) is 0 Å². The lowest BCUT2D eigenvalue weighted by Gasteiger charge is -2.37. The van der Waals surface area contributed by atoms with Crippen LogP contribution in [0.5, 0.6) is 0 Å². The van der Waals surface area contributed by atoms with E-state index in [0.29, 0.717) is 25.9 Å². The monoisotopic (exact) mass is 669 g/mol. The van der Waals surface area contributed by atoms with E-state index in [0.717, 1.165) is 11.1 Å². The first kappa shape index (κ1) is 38.3. The molecule has 1 saturated heterocycles. The van der Waals surface area contributed by atoms with Crippen molar-refractivity contribution in [1.29, 1.82) is 0 Å². The summed E-state index contributed by atoms with van der Waals surface area (Å²) >= 11 is 0. The van der Waals surface area contributed by atoms with Crippen molar-refractivity contribution in [2.75, 3.05) is 26.7 Å². The largest absolute Gasteiger partial charge is 0.445 e. The molecule has 2 aromatic rings. The lowest BCUT2D eigenvalue weighted by atomic mass is 9.85. The van der Waals surface area contributed by atoms with Crippen LogP contribution in [0.15, 0.2) is 54.6 Å². The lowest BCUT2D eigenvalue weighted by Crippen LogP contribution is -2.59. The van der Waals surface area contributed by atoms with Crippen LogP contribution in [-0.4, -0.2) is 90.3 Å². The van der Waals surface area contributed by atoms with Crippen LogP contribution in [-0.2, 0) is 32.1 Å². The number of ether oxygens (including phenoxy) is 2. The molecule has 1 aliphatic rings.